The van der Waals surface area contributed by atoms with Crippen LogP contribution in [0.15, 0.2) is 27.6 Å². The van der Waals surface area contributed by atoms with Crippen LogP contribution in [0.4, 0.5) is 18.9 Å². The van der Waals surface area contributed by atoms with E-state index in [9.17, 15) is 21.6 Å². The Kier molecular flexibility index (Phi) is 6.58. The van der Waals surface area contributed by atoms with Gasteiger partial charge in [-0.15, -0.1) is 0 Å². The van der Waals surface area contributed by atoms with Gasteiger partial charge in [-0.05, 0) is 65.2 Å². The van der Waals surface area contributed by atoms with Crippen molar-refractivity contribution in [3.05, 3.63) is 22.7 Å². The van der Waals surface area contributed by atoms with Crippen LogP contribution in [-0.2, 0) is 14.8 Å². The fourth-order valence-electron chi connectivity index (χ4n) is 3.91. The van der Waals surface area contributed by atoms with E-state index in [0.717, 1.165) is 12.8 Å². The van der Waals surface area contributed by atoms with Crippen LogP contribution < -0.4 is 10.0 Å². The van der Waals surface area contributed by atoms with E-state index in [-0.39, 0.29) is 11.4 Å². The summed E-state index contributed by atoms with van der Waals surface area (Å²) in [5, 5.41) is 3.08. The van der Waals surface area contributed by atoms with Gasteiger partial charge in [-0.1, -0.05) is 20.3 Å². The third-order valence-electron chi connectivity index (χ3n) is 5.86. The van der Waals surface area contributed by atoms with Crippen LogP contribution in [-0.4, -0.2) is 39.4 Å². The molecule has 10 heteroatoms. The molecule has 0 radical (unpaired) electrons. The van der Waals surface area contributed by atoms with E-state index in [0.29, 0.717) is 35.5 Å². The lowest BCUT2D eigenvalue weighted by atomic mass is 9.72. The molecule has 2 atom stereocenters. The zero-order valence-electron chi connectivity index (χ0n) is 16.4. The molecule has 3 fully saturated rings. The maximum Gasteiger partial charge on any atom is 0.414 e. The summed E-state index contributed by atoms with van der Waals surface area (Å²) < 4.78 is 72.0. The van der Waals surface area contributed by atoms with E-state index in [4.69, 9.17) is 4.74 Å². The summed E-state index contributed by atoms with van der Waals surface area (Å²) in [6.07, 6.45) is -3.49. The molecular weight excluding hydrogens is 473 g/mol. The number of anilines is 1. The zero-order chi connectivity index (χ0) is 21.4. The lowest BCUT2D eigenvalue weighted by Gasteiger charge is -2.36. The van der Waals surface area contributed by atoms with Crippen LogP contribution in [0, 0.1) is 11.8 Å². The van der Waals surface area contributed by atoms with Gasteiger partial charge in [-0.25, -0.2) is 13.1 Å². The van der Waals surface area contributed by atoms with E-state index < -0.39 is 33.8 Å². The molecule has 2 unspecified atom stereocenters. The van der Waals surface area contributed by atoms with Gasteiger partial charge in [0.05, 0.1) is 10.5 Å². The van der Waals surface area contributed by atoms with Crippen LogP contribution in [0.2, 0.25) is 0 Å². The molecule has 3 aliphatic rings. The summed E-state index contributed by atoms with van der Waals surface area (Å²) >= 11 is 3.29. The summed E-state index contributed by atoms with van der Waals surface area (Å²) in [7, 11) is -3.64. The molecule has 0 amide bonds. The zero-order valence-corrected chi connectivity index (χ0v) is 18.8. The minimum Gasteiger partial charge on any atom is -0.382 e. The summed E-state index contributed by atoms with van der Waals surface area (Å²) in [5.74, 6) is -0.0227. The number of benzene rings is 1. The molecule has 2 aliphatic heterocycles. The van der Waals surface area contributed by atoms with Crippen LogP contribution in [0.25, 0.3) is 0 Å². The molecule has 4 rings (SSSR count). The normalized spacial score (nSPS) is 27.5. The third kappa shape index (κ3) is 5.08. The van der Waals surface area contributed by atoms with E-state index in [1.807, 2.05) is 0 Å². The van der Waals surface area contributed by atoms with Crippen LogP contribution >= 0.6 is 15.9 Å². The predicted octanol–water partition coefficient (Wildman–Crippen LogP) is 4.69. The first-order valence-electron chi connectivity index (χ1n) is 9.73. The second kappa shape index (κ2) is 8.36. The van der Waals surface area contributed by atoms with Gasteiger partial charge in [-0.3, -0.25) is 0 Å². The number of ether oxygens (including phenoxy) is 1. The number of nitrogens with one attached hydrogen (secondary N) is 2. The van der Waals surface area contributed by atoms with Gasteiger partial charge < -0.3 is 10.1 Å². The Morgan fingerprint density at radius 3 is 2.59 bits per heavy atom. The highest BCUT2D eigenvalue weighted by molar-refractivity contribution is 9.10. The second-order valence-corrected chi connectivity index (χ2v) is 10.7. The van der Waals surface area contributed by atoms with Crippen molar-refractivity contribution in [1.29, 1.82) is 0 Å². The molecule has 2 N–H and O–H groups in total. The molecule has 0 spiro atoms. The maximum absolute atomic E-state index is 12.9. The van der Waals surface area contributed by atoms with Crippen molar-refractivity contribution in [1.82, 2.24) is 4.72 Å². The molecule has 2 bridgehead atoms. The van der Waals surface area contributed by atoms with Crippen molar-refractivity contribution in [3.8, 4) is 0 Å². The first kappa shape index (κ1) is 22.8. The van der Waals surface area contributed by atoms with Gasteiger partial charge >= 0.3 is 6.18 Å². The molecule has 5 nitrogen and oxygen atoms in total. The van der Waals surface area contributed by atoms with Crippen molar-refractivity contribution in [2.45, 2.75) is 62.3 Å². The summed E-state index contributed by atoms with van der Waals surface area (Å²) in [6, 6.07) is 4.70. The largest absolute Gasteiger partial charge is 0.414 e. The lowest BCUT2D eigenvalue weighted by molar-refractivity contribution is -0.215. The van der Waals surface area contributed by atoms with Gasteiger partial charge in [0.2, 0.25) is 10.0 Å². The SMILES string of the molecule is CCC(C)CCNS(=O)(=O)c1ccc(NCC23CC(C2)C(C(F)(F)F)O3)cc1Br. The van der Waals surface area contributed by atoms with E-state index in [2.05, 4.69) is 39.8 Å². The molecule has 1 saturated carbocycles. The number of halogens is 4. The summed E-state index contributed by atoms with van der Waals surface area (Å²) in [5.41, 5.74) is -0.174. The van der Waals surface area contributed by atoms with Gasteiger partial charge in [-0.2, -0.15) is 13.2 Å². The average molecular weight is 499 g/mol. The van der Waals surface area contributed by atoms with Gasteiger partial charge in [0, 0.05) is 23.2 Å². The molecule has 1 aromatic rings. The maximum atomic E-state index is 12.9. The first-order chi connectivity index (χ1) is 13.5. The molecule has 1 aliphatic carbocycles. The molecule has 1 aromatic carbocycles. The Balaban J connectivity index is 1.58. The predicted molar refractivity (Wildman–Crippen MR) is 108 cm³/mol. The monoisotopic (exact) mass is 498 g/mol. The average Bonchev–Trinajstić information content (AvgIpc) is 3.16. The van der Waals surface area contributed by atoms with Crippen LogP contribution in [0.5, 0.6) is 0 Å². The third-order valence-corrected chi connectivity index (χ3v) is 8.30. The van der Waals surface area contributed by atoms with Crippen molar-refractivity contribution in [2.75, 3.05) is 18.4 Å². The quantitative estimate of drug-likeness (QED) is 0.518. The Hall–Kier alpha value is -0.840. The molecule has 164 valence electrons. The summed E-state index contributed by atoms with van der Waals surface area (Å²) in [4.78, 5) is 0.128. The Morgan fingerprint density at radius 1 is 1.34 bits per heavy atom. The van der Waals surface area contributed by atoms with Crippen LogP contribution in [0.3, 0.4) is 0 Å². The highest BCUT2D eigenvalue weighted by Crippen LogP contribution is 2.56. The highest BCUT2D eigenvalue weighted by atomic mass is 79.9. The lowest BCUT2D eigenvalue weighted by Crippen LogP contribution is -2.43. The molecule has 2 heterocycles. The van der Waals surface area contributed by atoms with Crippen LogP contribution in [0.1, 0.15) is 39.5 Å². The van der Waals surface area contributed by atoms with E-state index in [1.54, 1.807) is 12.1 Å². The Labute approximate surface area is 178 Å². The van der Waals surface area contributed by atoms with Crippen molar-refractivity contribution < 1.29 is 26.3 Å². The fourth-order valence-corrected chi connectivity index (χ4v) is 6.03. The standard InChI is InChI=1S/C19H26BrF3N2O3S/c1-3-12(2)6-7-25-29(26,27)16-5-4-14(8-15(16)20)24-11-18-9-13(10-18)17(28-18)19(21,22)23/h4-5,8,12-13,17,24-25H,3,6-7,9-11H2,1-2H3. The van der Waals surface area contributed by atoms with E-state index in [1.165, 1.54) is 6.07 Å². The van der Waals surface area contributed by atoms with Gasteiger partial charge in [0.25, 0.3) is 0 Å². The Morgan fingerprint density at radius 2 is 2.03 bits per heavy atom. The Bertz CT molecular complexity index is 842. The number of fused-ring (bicyclic) bond motifs is 1. The minimum atomic E-state index is -4.33. The van der Waals surface area contributed by atoms with Gasteiger partial charge in [0.1, 0.15) is 0 Å². The fraction of sp³-hybridized carbons (Fsp3) is 0.684. The number of sulfonamides is 1. The number of rotatable bonds is 9. The van der Waals surface area contributed by atoms with Crippen molar-refractivity contribution in [3.63, 3.8) is 0 Å². The molecular formula is C19H26BrF3N2O3S. The smallest absolute Gasteiger partial charge is 0.382 e. The number of hydrogen-bond acceptors (Lipinski definition) is 4. The molecule has 0 aromatic heterocycles. The molecule has 2 saturated heterocycles. The summed E-state index contributed by atoms with van der Waals surface area (Å²) in [6.45, 7) is 4.75. The van der Waals surface area contributed by atoms with Crippen molar-refractivity contribution in [2.24, 2.45) is 11.8 Å². The topological polar surface area (TPSA) is 67.4 Å². The van der Waals surface area contributed by atoms with Gasteiger partial charge in [0.15, 0.2) is 6.10 Å². The first-order valence-corrected chi connectivity index (χ1v) is 12.0. The minimum absolute atomic E-state index is 0.128. The van der Waals surface area contributed by atoms with Crippen molar-refractivity contribution >= 4 is 31.6 Å². The highest BCUT2D eigenvalue weighted by Gasteiger charge is 2.65. The number of hydrogen-bond donors (Lipinski definition) is 2. The van der Waals surface area contributed by atoms with E-state index >= 15 is 0 Å². The molecule has 29 heavy (non-hydrogen) atoms. The number of alkyl halides is 3. The second-order valence-electron chi connectivity index (χ2n) is 8.13.